The first kappa shape index (κ1) is 33.5. The minimum atomic E-state index is -1.26. The van der Waals surface area contributed by atoms with Gasteiger partial charge in [-0.2, -0.15) is 0 Å². The molecule has 0 amide bonds. The van der Waals surface area contributed by atoms with Crippen molar-refractivity contribution >= 4 is 51.4 Å². The Morgan fingerprint density at radius 3 is 1.86 bits per heavy atom. The van der Waals surface area contributed by atoms with E-state index in [4.69, 9.17) is 26.2 Å². The van der Waals surface area contributed by atoms with Crippen LogP contribution in [-0.4, -0.2) is 96.9 Å². The van der Waals surface area contributed by atoms with Gasteiger partial charge in [0.05, 0.1) is 16.3 Å². The van der Waals surface area contributed by atoms with Crippen molar-refractivity contribution in [3.63, 3.8) is 0 Å². The first-order valence-corrected chi connectivity index (χ1v) is 13.5. The summed E-state index contributed by atoms with van der Waals surface area (Å²) < 4.78 is 1.22. The van der Waals surface area contributed by atoms with Crippen molar-refractivity contribution in [1.29, 1.82) is 0 Å². The molecule has 1 unspecified atom stereocenters. The van der Waals surface area contributed by atoms with Gasteiger partial charge in [-0.3, -0.25) is 4.90 Å². The summed E-state index contributed by atoms with van der Waals surface area (Å²) in [7, 11) is 0. The van der Waals surface area contributed by atoms with Gasteiger partial charge in [0.25, 0.3) is 0 Å². The van der Waals surface area contributed by atoms with E-state index in [2.05, 4.69) is 43.0 Å². The number of fused-ring (bicyclic) bond motifs is 1. The maximum absolute atomic E-state index is 9.55. The summed E-state index contributed by atoms with van der Waals surface area (Å²) in [6.07, 6.45) is 7.91. The molecular formula is C27H32N6O8S. The number of rotatable bonds is 10. The van der Waals surface area contributed by atoms with Gasteiger partial charge in [0.2, 0.25) is 5.95 Å². The van der Waals surface area contributed by atoms with Crippen molar-refractivity contribution in [3.05, 3.63) is 72.0 Å². The average Bonchev–Trinajstić information content (AvgIpc) is 3.41. The van der Waals surface area contributed by atoms with E-state index in [0.717, 1.165) is 62.0 Å². The van der Waals surface area contributed by atoms with Crippen LogP contribution in [0.3, 0.4) is 0 Å². The molecule has 1 saturated heterocycles. The van der Waals surface area contributed by atoms with E-state index in [9.17, 15) is 19.2 Å². The molecule has 0 aliphatic carbocycles. The van der Waals surface area contributed by atoms with Gasteiger partial charge in [-0.15, -0.1) is 11.3 Å². The largest absolute Gasteiger partial charge is 0.478 e. The molecule has 3 aromatic rings. The zero-order valence-electron chi connectivity index (χ0n) is 22.5. The number of hydrogen-bond donors (Lipinski definition) is 5. The van der Waals surface area contributed by atoms with Gasteiger partial charge in [0.15, 0.2) is 0 Å². The lowest BCUT2D eigenvalue weighted by Crippen LogP contribution is -2.47. The second kappa shape index (κ2) is 17.9. The fraction of sp³-hybridized carbons (Fsp3) is 0.296. The predicted octanol–water partition coefficient (Wildman–Crippen LogP) is 2.11. The Morgan fingerprint density at radius 2 is 1.36 bits per heavy atom. The lowest BCUT2D eigenvalue weighted by molar-refractivity contribution is -0.134. The van der Waals surface area contributed by atoms with Gasteiger partial charge in [-0.1, -0.05) is 12.1 Å². The molecule has 42 heavy (non-hydrogen) atoms. The van der Waals surface area contributed by atoms with Crippen LogP contribution >= 0.6 is 11.3 Å². The third-order valence-electron chi connectivity index (χ3n) is 5.56. The maximum Gasteiger partial charge on any atom is 0.328 e. The van der Waals surface area contributed by atoms with Crippen LogP contribution in [0.25, 0.3) is 10.2 Å². The molecule has 1 aliphatic heterocycles. The fourth-order valence-corrected chi connectivity index (χ4v) is 4.62. The summed E-state index contributed by atoms with van der Waals surface area (Å²) in [5.74, 6) is -4.19. The van der Waals surface area contributed by atoms with E-state index >= 15 is 0 Å². The highest BCUT2D eigenvalue weighted by Crippen LogP contribution is 2.27. The minimum Gasteiger partial charge on any atom is -0.478 e. The summed E-state index contributed by atoms with van der Waals surface area (Å²) in [6.45, 7) is 5.15. The summed E-state index contributed by atoms with van der Waals surface area (Å²) >= 11 is 1.72. The van der Waals surface area contributed by atoms with E-state index in [1.165, 1.54) is 4.70 Å². The van der Waals surface area contributed by atoms with Gasteiger partial charge in [-0.05, 0) is 37.6 Å². The van der Waals surface area contributed by atoms with Crippen LogP contribution in [0.5, 0.6) is 0 Å². The Hall–Kier alpha value is -4.73. The third-order valence-corrected chi connectivity index (χ3v) is 6.73. The number of aliphatic carboxylic acids is 4. The monoisotopic (exact) mass is 600 g/mol. The van der Waals surface area contributed by atoms with Gasteiger partial charge < -0.3 is 31.1 Å². The molecule has 224 valence electrons. The predicted molar refractivity (Wildman–Crippen MR) is 155 cm³/mol. The van der Waals surface area contributed by atoms with Crippen LogP contribution in [0.4, 0.5) is 5.95 Å². The van der Waals surface area contributed by atoms with Crippen LogP contribution in [0.2, 0.25) is 0 Å². The van der Waals surface area contributed by atoms with E-state index in [1.807, 2.05) is 12.1 Å². The molecule has 14 nitrogen and oxygen atoms in total. The fourth-order valence-electron chi connectivity index (χ4n) is 3.62. The number of carboxylic acid groups (broad SMARTS) is 4. The maximum atomic E-state index is 9.55. The number of thiazole rings is 1. The third kappa shape index (κ3) is 13.1. The van der Waals surface area contributed by atoms with E-state index < -0.39 is 23.9 Å². The summed E-state index contributed by atoms with van der Waals surface area (Å²) in [5, 5.41) is 32.3. The van der Waals surface area contributed by atoms with Gasteiger partial charge in [0.1, 0.15) is 5.01 Å². The molecule has 3 heterocycles. The number of nitrogens with zero attached hydrogens (tertiary/aromatic N) is 5. The van der Waals surface area contributed by atoms with Gasteiger partial charge >= 0.3 is 23.9 Å². The number of aromatic nitrogens is 3. The van der Waals surface area contributed by atoms with Crippen molar-refractivity contribution < 1.29 is 39.6 Å². The molecule has 0 spiro atoms. The SMILES string of the molecule is NC(CCCN1CCN(c2ncccn2)CC1)c1nc2ccccc2s1.O=C(O)/C=C/C(=O)O.O=C(O)/C=C/C(=O)O. The van der Waals surface area contributed by atoms with Crippen molar-refractivity contribution in [2.75, 3.05) is 37.6 Å². The zero-order valence-corrected chi connectivity index (χ0v) is 23.3. The van der Waals surface area contributed by atoms with Gasteiger partial charge in [-0.25, -0.2) is 34.1 Å². The van der Waals surface area contributed by atoms with Crippen molar-refractivity contribution in [1.82, 2.24) is 19.9 Å². The Kier molecular flexibility index (Phi) is 14.2. The van der Waals surface area contributed by atoms with Crippen molar-refractivity contribution in [2.24, 2.45) is 5.73 Å². The highest BCUT2D eigenvalue weighted by atomic mass is 32.1. The number of nitrogens with two attached hydrogens (primary N) is 1. The molecule has 0 radical (unpaired) electrons. The van der Waals surface area contributed by atoms with Crippen LogP contribution in [0.1, 0.15) is 23.9 Å². The van der Waals surface area contributed by atoms with Crippen molar-refractivity contribution in [2.45, 2.75) is 18.9 Å². The van der Waals surface area contributed by atoms with Crippen LogP contribution in [0, 0.1) is 0 Å². The van der Waals surface area contributed by atoms with E-state index in [0.29, 0.717) is 24.3 Å². The molecule has 1 aromatic carbocycles. The minimum absolute atomic E-state index is 0.0337. The number of benzene rings is 1. The molecule has 4 rings (SSSR count). The molecule has 1 atom stereocenters. The molecule has 15 heteroatoms. The van der Waals surface area contributed by atoms with Crippen molar-refractivity contribution in [3.8, 4) is 0 Å². The molecular weight excluding hydrogens is 568 g/mol. The summed E-state index contributed by atoms with van der Waals surface area (Å²) in [6, 6.07) is 10.1. The molecule has 2 aromatic heterocycles. The molecule has 1 fully saturated rings. The second-order valence-electron chi connectivity index (χ2n) is 8.67. The Balaban J connectivity index is 0.000000319. The number of carboxylic acids is 4. The number of piperazine rings is 1. The number of hydrogen-bond acceptors (Lipinski definition) is 11. The topological polar surface area (TPSA) is 220 Å². The lowest BCUT2D eigenvalue weighted by atomic mass is 10.1. The zero-order chi connectivity index (χ0) is 30.9. The van der Waals surface area contributed by atoms with Crippen LogP contribution in [-0.2, 0) is 19.2 Å². The average molecular weight is 601 g/mol. The molecule has 0 bridgehead atoms. The standard InChI is InChI=1S/C19H24N6S.2C4H4O4/c20-15(18-23-16-6-1-2-7-17(16)26-18)5-3-10-24-11-13-25(14-12-24)19-21-8-4-9-22-19;2*5-3(6)1-2-4(7)8/h1-2,4,6-9,15H,3,5,10-14,20H2;2*1-2H,(H,5,6)(H,7,8)/b;2*2-1+. The second-order valence-corrected chi connectivity index (χ2v) is 9.73. The van der Waals surface area contributed by atoms with Gasteiger partial charge in [0, 0.05) is 62.9 Å². The lowest BCUT2D eigenvalue weighted by Gasteiger charge is -2.34. The smallest absolute Gasteiger partial charge is 0.328 e. The summed E-state index contributed by atoms with van der Waals surface area (Å²) in [5.41, 5.74) is 7.43. The number of carbonyl (C=O) groups is 4. The molecule has 1 aliphatic rings. The Bertz CT molecular complexity index is 1270. The molecule has 0 saturated carbocycles. The van der Waals surface area contributed by atoms with Crippen LogP contribution < -0.4 is 10.6 Å². The van der Waals surface area contributed by atoms with Crippen LogP contribution in [0.15, 0.2) is 67.0 Å². The highest BCUT2D eigenvalue weighted by Gasteiger charge is 2.19. The first-order chi connectivity index (χ1) is 20.0. The normalized spacial score (nSPS) is 14.1. The Labute approximate surface area is 245 Å². The highest BCUT2D eigenvalue weighted by molar-refractivity contribution is 7.18. The number of para-hydroxylation sites is 1. The molecule has 6 N–H and O–H groups in total. The summed E-state index contributed by atoms with van der Waals surface area (Å²) in [4.78, 5) is 56.3. The first-order valence-electron chi connectivity index (χ1n) is 12.7. The number of anilines is 1. The van der Waals surface area contributed by atoms with E-state index in [-0.39, 0.29) is 6.04 Å². The Morgan fingerprint density at radius 1 is 0.833 bits per heavy atom. The quantitative estimate of drug-likeness (QED) is 0.210. The van der Waals surface area contributed by atoms with E-state index in [1.54, 1.807) is 23.7 Å².